The molecule has 0 radical (unpaired) electrons. The topological polar surface area (TPSA) is 75.4 Å². The number of nitrogens with one attached hydrogen (secondary N) is 1. The van der Waals surface area contributed by atoms with Crippen molar-refractivity contribution in [3.05, 3.63) is 0 Å². The van der Waals surface area contributed by atoms with Crippen LogP contribution in [0.3, 0.4) is 0 Å². The molecule has 0 aliphatic carbocycles. The SMILES string of the molecule is CC(C)CCCC(C)NS(=O)(=O)N1CCCCC1CN. The lowest BCUT2D eigenvalue weighted by atomic mass is 10.0. The molecule has 1 fully saturated rings. The van der Waals surface area contributed by atoms with E-state index in [1.54, 1.807) is 4.31 Å². The number of nitrogens with zero attached hydrogens (tertiary/aromatic N) is 1. The van der Waals surface area contributed by atoms with Gasteiger partial charge in [-0.1, -0.05) is 33.1 Å². The summed E-state index contributed by atoms with van der Waals surface area (Å²) in [6.45, 7) is 7.32. The third-order valence-electron chi connectivity index (χ3n) is 3.92. The van der Waals surface area contributed by atoms with Crippen LogP contribution in [-0.2, 0) is 10.2 Å². The molecule has 1 aliphatic rings. The van der Waals surface area contributed by atoms with E-state index in [-0.39, 0.29) is 12.1 Å². The smallest absolute Gasteiger partial charge is 0.279 e. The van der Waals surface area contributed by atoms with Crippen LogP contribution >= 0.6 is 0 Å². The summed E-state index contributed by atoms with van der Waals surface area (Å²) in [4.78, 5) is 0. The minimum atomic E-state index is -3.39. The zero-order valence-corrected chi connectivity index (χ0v) is 14.0. The Bertz CT molecular complexity index is 371. The summed E-state index contributed by atoms with van der Waals surface area (Å²) in [5, 5.41) is 0. The number of rotatable bonds is 8. The Kier molecular flexibility index (Phi) is 7.43. The molecule has 20 heavy (non-hydrogen) atoms. The molecule has 1 rings (SSSR count). The maximum Gasteiger partial charge on any atom is 0.279 e. The first kappa shape index (κ1) is 17.9. The van der Waals surface area contributed by atoms with Crippen LogP contribution in [0.15, 0.2) is 0 Å². The van der Waals surface area contributed by atoms with Crippen molar-refractivity contribution in [2.45, 2.75) is 71.4 Å². The molecule has 5 nitrogen and oxygen atoms in total. The van der Waals surface area contributed by atoms with Crippen molar-refractivity contribution in [3.8, 4) is 0 Å². The molecular weight excluding hydrogens is 274 g/mol. The Hall–Kier alpha value is -0.170. The normalized spacial score (nSPS) is 23.1. The molecule has 0 bridgehead atoms. The van der Waals surface area contributed by atoms with E-state index >= 15 is 0 Å². The number of hydrogen-bond acceptors (Lipinski definition) is 3. The van der Waals surface area contributed by atoms with Gasteiger partial charge in [-0.3, -0.25) is 0 Å². The van der Waals surface area contributed by atoms with Crippen molar-refractivity contribution < 1.29 is 8.42 Å². The largest absolute Gasteiger partial charge is 0.329 e. The summed E-state index contributed by atoms with van der Waals surface area (Å²) in [5.41, 5.74) is 5.70. The number of nitrogens with two attached hydrogens (primary N) is 1. The van der Waals surface area contributed by atoms with Crippen LogP contribution in [0.5, 0.6) is 0 Å². The minimum absolute atomic E-state index is 0.0147. The third kappa shape index (κ3) is 5.68. The van der Waals surface area contributed by atoms with Gasteiger partial charge in [-0.15, -0.1) is 0 Å². The van der Waals surface area contributed by atoms with Gasteiger partial charge in [0.1, 0.15) is 0 Å². The lowest BCUT2D eigenvalue weighted by Gasteiger charge is -2.34. The minimum Gasteiger partial charge on any atom is -0.329 e. The third-order valence-corrected chi connectivity index (χ3v) is 5.72. The molecule has 1 aliphatic heterocycles. The summed E-state index contributed by atoms with van der Waals surface area (Å²) in [6, 6.07) is -0.0526. The zero-order chi connectivity index (χ0) is 15.2. The van der Waals surface area contributed by atoms with E-state index in [4.69, 9.17) is 5.73 Å². The average Bonchev–Trinajstić information content (AvgIpc) is 2.37. The Morgan fingerprint density at radius 3 is 2.55 bits per heavy atom. The second-order valence-electron chi connectivity index (χ2n) is 6.34. The Labute approximate surface area is 124 Å². The van der Waals surface area contributed by atoms with Crippen LogP contribution in [0.2, 0.25) is 0 Å². The molecule has 1 heterocycles. The predicted octanol–water partition coefficient (Wildman–Crippen LogP) is 1.85. The molecule has 3 N–H and O–H groups in total. The van der Waals surface area contributed by atoms with Crippen LogP contribution in [-0.4, -0.2) is 37.9 Å². The van der Waals surface area contributed by atoms with E-state index in [9.17, 15) is 8.42 Å². The average molecular weight is 305 g/mol. The Balaban J connectivity index is 2.50. The first-order valence-corrected chi connectivity index (χ1v) is 9.30. The quantitative estimate of drug-likeness (QED) is 0.718. The van der Waals surface area contributed by atoms with Crippen LogP contribution in [0.25, 0.3) is 0 Å². The van der Waals surface area contributed by atoms with E-state index < -0.39 is 10.2 Å². The van der Waals surface area contributed by atoms with Crippen LogP contribution in [0, 0.1) is 5.92 Å². The molecule has 0 aromatic heterocycles. The van der Waals surface area contributed by atoms with E-state index in [1.807, 2.05) is 6.92 Å². The van der Waals surface area contributed by atoms with Crippen LogP contribution < -0.4 is 10.5 Å². The van der Waals surface area contributed by atoms with Crippen LogP contribution in [0.4, 0.5) is 0 Å². The van der Waals surface area contributed by atoms with E-state index in [2.05, 4.69) is 18.6 Å². The number of piperidine rings is 1. The van der Waals surface area contributed by atoms with Crippen molar-refractivity contribution in [2.24, 2.45) is 11.7 Å². The van der Waals surface area contributed by atoms with Gasteiger partial charge >= 0.3 is 0 Å². The van der Waals surface area contributed by atoms with Gasteiger partial charge in [-0.2, -0.15) is 17.4 Å². The molecule has 6 heteroatoms. The Morgan fingerprint density at radius 2 is 1.95 bits per heavy atom. The fraction of sp³-hybridized carbons (Fsp3) is 1.00. The fourth-order valence-corrected chi connectivity index (χ4v) is 4.45. The monoisotopic (exact) mass is 305 g/mol. The van der Waals surface area contributed by atoms with Crippen molar-refractivity contribution in [2.75, 3.05) is 13.1 Å². The molecule has 0 aromatic carbocycles. The van der Waals surface area contributed by atoms with E-state index in [0.717, 1.165) is 38.5 Å². The van der Waals surface area contributed by atoms with E-state index in [0.29, 0.717) is 19.0 Å². The molecule has 0 aromatic rings. The highest BCUT2D eigenvalue weighted by atomic mass is 32.2. The maximum absolute atomic E-state index is 12.4. The molecule has 0 saturated carbocycles. The second-order valence-corrected chi connectivity index (χ2v) is 8.00. The highest BCUT2D eigenvalue weighted by Crippen LogP contribution is 2.19. The van der Waals surface area contributed by atoms with E-state index in [1.165, 1.54) is 0 Å². The highest BCUT2D eigenvalue weighted by molar-refractivity contribution is 7.87. The van der Waals surface area contributed by atoms with Gasteiger partial charge in [0.15, 0.2) is 0 Å². The van der Waals surface area contributed by atoms with Gasteiger partial charge in [-0.05, 0) is 32.1 Å². The molecular formula is C14H31N3O2S. The summed E-state index contributed by atoms with van der Waals surface area (Å²) in [5.74, 6) is 0.669. The number of hydrogen-bond donors (Lipinski definition) is 2. The molecule has 0 spiro atoms. The molecule has 0 amide bonds. The molecule has 2 unspecified atom stereocenters. The predicted molar refractivity (Wildman–Crippen MR) is 83.6 cm³/mol. The molecule has 1 saturated heterocycles. The van der Waals surface area contributed by atoms with Crippen molar-refractivity contribution in [3.63, 3.8) is 0 Å². The van der Waals surface area contributed by atoms with Crippen molar-refractivity contribution in [1.82, 2.24) is 9.03 Å². The van der Waals surface area contributed by atoms with Crippen molar-refractivity contribution >= 4 is 10.2 Å². The summed E-state index contributed by atoms with van der Waals surface area (Å²) >= 11 is 0. The highest BCUT2D eigenvalue weighted by Gasteiger charge is 2.31. The second kappa shape index (κ2) is 8.32. The van der Waals surface area contributed by atoms with Gasteiger partial charge in [0.05, 0.1) is 0 Å². The first-order chi connectivity index (χ1) is 9.36. The van der Waals surface area contributed by atoms with Gasteiger partial charge < -0.3 is 5.73 Å². The summed E-state index contributed by atoms with van der Waals surface area (Å²) in [6.07, 6.45) is 5.96. The first-order valence-electron chi connectivity index (χ1n) is 7.86. The van der Waals surface area contributed by atoms with Gasteiger partial charge in [0, 0.05) is 25.2 Å². The van der Waals surface area contributed by atoms with Gasteiger partial charge in [0.2, 0.25) is 0 Å². The molecule has 2 atom stereocenters. The zero-order valence-electron chi connectivity index (χ0n) is 13.1. The fourth-order valence-electron chi connectivity index (χ4n) is 2.74. The van der Waals surface area contributed by atoms with Gasteiger partial charge in [-0.25, -0.2) is 0 Å². The summed E-state index contributed by atoms with van der Waals surface area (Å²) in [7, 11) is -3.39. The van der Waals surface area contributed by atoms with Gasteiger partial charge in [0.25, 0.3) is 10.2 Å². The lowest BCUT2D eigenvalue weighted by molar-refractivity contribution is 0.253. The summed E-state index contributed by atoms with van der Waals surface area (Å²) < 4.78 is 29.2. The maximum atomic E-state index is 12.4. The Morgan fingerprint density at radius 1 is 1.25 bits per heavy atom. The standard InChI is InChI=1S/C14H31N3O2S/c1-12(2)7-6-8-13(3)16-20(18,19)17-10-5-4-9-14(17)11-15/h12-14,16H,4-11,15H2,1-3H3. The van der Waals surface area contributed by atoms with Crippen molar-refractivity contribution in [1.29, 1.82) is 0 Å². The lowest BCUT2D eigenvalue weighted by Crippen LogP contribution is -2.53. The van der Waals surface area contributed by atoms with Crippen LogP contribution in [0.1, 0.15) is 59.3 Å². The molecule has 120 valence electrons.